The second kappa shape index (κ2) is 5.56. The van der Waals surface area contributed by atoms with Crippen molar-refractivity contribution in [1.82, 2.24) is 0 Å². The van der Waals surface area contributed by atoms with Crippen LogP contribution in [-0.4, -0.2) is 75.1 Å². The number of rotatable bonds is 6. The SMILES string of the molecule is COCC(O)C(O)(O)C(O)C(O)CO. The van der Waals surface area contributed by atoms with Crippen molar-refractivity contribution in [2.24, 2.45) is 0 Å². The Labute approximate surface area is 80.8 Å². The number of methoxy groups -OCH3 is 1. The third-order valence-corrected chi connectivity index (χ3v) is 1.80. The Morgan fingerprint density at radius 1 is 1.21 bits per heavy atom. The Morgan fingerprint density at radius 2 is 1.71 bits per heavy atom. The molecule has 0 rings (SSSR count). The lowest BCUT2D eigenvalue weighted by Gasteiger charge is -2.33. The topological polar surface area (TPSA) is 131 Å². The zero-order valence-electron chi connectivity index (χ0n) is 7.74. The van der Waals surface area contributed by atoms with Gasteiger partial charge in [-0.15, -0.1) is 0 Å². The third-order valence-electron chi connectivity index (χ3n) is 1.80. The first-order chi connectivity index (χ1) is 6.37. The van der Waals surface area contributed by atoms with Crippen molar-refractivity contribution < 1.29 is 35.4 Å². The van der Waals surface area contributed by atoms with Gasteiger partial charge in [-0.25, -0.2) is 0 Å². The number of hydrogen-bond donors (Lipinski definition) is 6. The maximum Gasteiger partial charge on any atom is 0.221 e. The van der Waals surface area contributed by atoms with E-state index in [1.54, 1.807) is 0 Å². The lowest BCUT2D eigenvalue weighted by atomic mass is 9.99. The molecule has 0 aliphatic rings. The molecule has 6 N–H and O–H groups in total. The maximum absolute atomic E-state index is 9.19. The zero-order chi connectivity index (χ0) is 11.4. The first-order valence-electron chi connectivity index (χ1n) is 3.96. The molecule has 3 atom stereocenters. The van der Waals surface area contributed by atoms with Crippen molar-refractivity contribution in [3.8, 4) is 0 Å². The summed E-state index contributed by atoms with van der Waals surface area (Å²) in [6.07, 6.45) is -5.63. The van der Waals surface area contributed by atoms with Crippen LogP contribution in [0.1, 0.15) is 0 Å². The van der Waals surface area contributed by atoms with Gasteiger partial charge in [-0.3, -0.25) is 0 Å². The molecule has 0 bridgehead atoms. The van der Waals surface area contributed by atoms with Gasteiger partial charge in [-0.05, 0) is 0 Å². The van der Waals surface area contributed by atoms with Crippen molar-refractivity contribution in [2.45, 2.75) is 24.1 Å². The van der Waals surface area contributed by atoms with E-state index in [0.717, 1.165) is 0 Å². The van der Waals surface area contributed by atoms with Gasteiger partial charge in [0.25, 0.3) is 0 Å². The first-order valence-corrected chi connectivity index (χ1v) is 3.96. The van der Waals surface area contributed by atoms with Gasteiger partial charge in [-0.1, -0.05) is 0 Å². The fraction of sp³-hybridized carbons (Fsp3) is 1.00. The average Bonchev–Trinajstić information content (AvgIpc) is 2.15. The van der Waals surface area contributed by atoms with E-state index in [1.165, 1.54) is 7.11 Å². The summed E-state index contributed by atoms with van der Waals surface area (Å²) in [7, 11) is 1.22. The Hall–Kier alpha value is -0.280. The minimum atomic E-state index is -2.93. The number of hydrogen-bond acceptors (Lipinski definition) is 7. The molecule has 0 aromatic heterocycles. The molecule has 7 nitrogen and oxygen atoms in total. The molecule has 14 heavy (non-hydrogen) atoms. The van der Waals surface area contributed by atoms with Gasteiger partial charge in [0.05, 0.1) is 13.2 Å². The molecule has 0 fully saturated rings. The van der Waals surface area contributed by atoms with Crippen LogP contribution < -0.4 is 0 Å². The first kappa shape index (κ1) is 13.7. The summed E-state index contributed by atoms with van der Waals surface area (Å²) >= 11 is 0. The molecule has 0 saturated carbocycles. The molecule has 0 aliphatic carbocycles. The van der Waals surface area contributed by atoms with Gasteiger partial charge < -0.3 is 35.4 Å². The van der Waals surface area contributed by atoms with Gasteiger partial charge in [0.15, 0.2) is 0 Å². The predicted octanol–water partition coefficient (Wildman–Crippen LogP) is -3.61. The van der Waals surface area contributed by atoms with Crippen LogP contribution in [0.3, 0.4) is 0 Å². The highest BCUT2D eigenvalue weighted by molar-refractivity contribution is 4.87. The van der Waals surface area contributed by atoms with Gasteiger partial charge in [0.1, 0.15) is 18.3 Å². The van der Waals surface area contributed by atoms with Crippen molar-refractivity contribution in [3.05, 3.63) is 0 Å². The quantitative estimate of drug-likeness (QED) is 0.251. The lowest BCUT2D eigenvalue weighted by Crippen LogP contribution is -2.58. The van der Waals surface area contributed by atoms with E-state index in [2.05, 4.69) is 4.74 Å². The van der Waals surface area contributed by atoms with Crippen molar-refractivity contribution in [2.75, 3.05) is 20.3 Å². The standard InChI is InChI=1S/C7H16O7/c1-14-3-5(10)7(12,13)6(11)4(9)2-8/h4-6,8-13H,2-3H2,1H3. The fourth-order valence-electron chi connectivity index (χ4n) is 0.861. The van der Waals surface area contributed by atoms with Gasteiger partial charge in [0, 0.05) is 7.11 Å². The molecule has 0 radical (unpaired) electrons. The van der Waals surface area contributed by atoms with E-state index in [-0.39, 0.29) is 0 Å². The van der Waals surface area contributed by atoms with Crippen LogP contribution in [0.4, 0.5) is 0 Å². The molecule has 86 valence electrons. The Bertz CT molecular complexity index is 160. The monoisotopic (exact) mass is 212 g/mol. The molecular formula is C7H16O7. The molecule has 0 spiro atoms. The van der Waals surface area contributed by atoms with E-state index in [0.29, 0.717) is 0 Å². The van der Waals surface area contributed by atoms with Crippen LogP contribution in [0.15, 0.2) is 0 Å². The summed E-state index contributed by atoms with van der Waals surface area (Å²) in [6, 6.07) is 0. The van der Waals surface area contributed by atoms with Crippen LogP contribution in [0.25, 0.3) is 0 Å². The van der Waals surface area contributed by atoms with Gasteiger partial charge in [-0.2, -0.15) is 0 Å². The molecule has 0 amide bonds. The van der Waals surface area contributed by atoms with Crippen LogP contribution in [0.2, 0.25) is 0 Å². The average molecular weight is 212 g/mol. The van der Waals surface area contributed by atoms with E-state index >= 15 is 0 Å². The summed E-state index contributed by atoms with van der Waals surface area (Å²) in [5.41, 5.74) is 0. The highest BCUT2D eigenvalue weighted by Gasteiger charge is 2.44. The summed E-state index contributed by atoms with van der Waals surface area (Å²) in [6.45, 7) is -1.29. The Balaban J connectivity index is 4.42. The number of aliphatic hydroxyl groups is 6. The highest BCUT2D eigenvalue weighted by Crippen LogP contribution is 2.15. The molecule has 0 aromatic carbocycles. The smallest absolute Gasteiger partial charge is 0.221 e. The second-order valence-electron chi connectivity index (χ2n) is 2.95. The van der Waals surface area contributed by atoms with Gasteiger partial charge in [0.2, 0.25) is 5.79 Å². The summed E-state index contributed by atoms with van der Waals surface area (Å²) in [4.78, 5) is 0. The summed E-state index contributed by atoms with van der Waals surface area (Å²) in [5.74, 6) is -2.93. The van der Waals surface area contributed by atoms with E-state index < -0.39 is 37.3 Å². The number of aliphatic hydroxyl groups excluding tert-OH is 4. The van der Waals surface area contributed by atoms with Crippen LogP contribution in [-0.2, 0) is 4.74 Å². The summed E-state index contributed by atoms with van der Waals surface area (Å²) in [5, 5.41) is 54.0. The lowest BCUT2D eigenvalue weighted by molar-refractivity contribution is -0.298. The highest BCUT2D eigenvalue weighted by atomic mass is 16.6. The number of ether oxygens (including phenoxy) is 1. The Morgan fingerprint density at radius 3 is 2.07 bits per heavy atom. The zero-order valence-corrected chi connectivity index (χ0v) is 7.74. The molecule has 3 unspecified atom stereocenters. The normalized spacial score (nSPS) is 19.1. The van der Waals surface area contributed by atoms with E-state index in [9.17, 15) is 10.2 Å². The minimum Gasteiger partial charge on any atom is -0.394 e. The van der Waals surface area contributed by atoms with Gasteiger partial charge >= 0.3 is 0 Å². The summed E-state index contributed by atoms with van der Waals surface area (Å²) < 4.78 is 4.43. The van der Waals surface area contributed by atoms with E-state index in [1.807, 2.05) is 0 Å². The second-order valence-corrected chi connectivity index (χ2v) is 2.95. The van der Waals surface area contributed by atoms with Crippen molar-refractivity contribution in [1.29, 1.82) is 0 Å². The predicted molar refractivity (Wildman–Crippen MR) is 44.2 cm³/mol. The third kappa shape index (κ3) is 3.14. The van der Waals surface area contributed by atoms with Crippen molar-refractivity contribution in [3.63, 3.8) is 0 Å². The van der Waals surface area contributed by atoms with Crippen LogP contribution in [0.5, 0.6) is 0 Å². The van der Waals surface area contributed by atoms with Crippen LogP contribution >= 0.6 is 0 Å². The molecule has 0 heterocycles. The maximum atomic E-state index is 9.19. The van der Waals surface area contributed by atoms with E-state index in [4.69, 9.17) is 20.4 Å². The molecular weight excluding hydrogens is 196 g/mol. The Kier molecular flexibility index (Phi) is 5.45. The molecule has 0 saturated heterocycles. The molecule has 0 aliphatic heterocycles. The minimum absolute atomic E-state index is 0.428. The van der Waals surface area contributed by atoms with Crippen LogP contribution in [0, 0.1) is 0 Å². The molecule has 7 heteroatoms. The van der Waals surface area contributed by atoms with Crippen molar-refractivity contribution >= 4 is 0 Å². The largest absolute Gasteiger partial charge is 0.394 e. The fourth-order valence-corrected chi connectivity index (χ4v) is 0.861. The molecule has 0 aromatic rings.